The van der Waals surface area contributed by atoms with Crippen LogP contribution < -0.4 is 4.74 Å². The molecule has 0 saturated heterocycles. The van der Waals surface area contributed by atoms with Gasteiger partial charge in [-0.2, -0.15) is 4.99 Å². The third-order valence-electron chi connectivity index (χ3n) is 1.52. The second-order valence-electron chi connectivity index (χ2n) is 2.45. The minimum atomic E-state index is 0.613. The standard InChI is InChI=1S/C9H10N2OS/c1-3-12-9-4-7(2)8(5-10-9)11-6-13/h4-5H,3H2,1-2H3. The van der Waals surface area contributed by atoms with E-state index in [9.17, 15) is 0 Å². The molecule has 0 spiro atoms. The van der Waals surface area contributed by atoms with Gasteiger partial charge in [0.2, 0.25) is 5.88 Å². The third kappa shape index (κ3) is 2.61. The Balaban J connectivity index is 2.98. The van der Waals surface area contributed by atoms with E-state index < -0.39 is 0 Å². The zero-order valence-corrected chi connectivity index (χ0v) is 8.39. The van der Waals surface area contributed by atoms with Crippen LogP contribution >= 0.6 is 12.2 Å². The van der Waals surface area contributed by atoms with Gasteiger partial charge in [-0.15, -0.1) is 0 Å². The molecule has 0 bridgehead atoms. The van der Waals surface area contributed by atoms with E-state index in [1.54, 1.807) is 6.20 Å². The Bertz CT molecular complexity index is 345. The molecule has 1 heterocycles. The fourth-order valence-corrected chi connectivity index (χ4v) is 1.01. The predicted molar refractivity (Wildman–Crippen MR) is 54.8 cm³/mol. The van der Waals surface area contributed by atoms with E-state index in [2.05, 4.69) is 27.4 Å². The van der Waals surface area contributed by atoms with Gasteiger partial charge >= 0.3 is 0 Å². The molecular weight excluding hydrogens is 184 g/mol. The zero-order valence-electron chi connectivity index (χ0n) is 7.57. The van der Waals surface area contributed by atoms with Crippen LogP contribution in [-0.2, 0) is 0 Å². The molecule has 68 valence electrons. The van der Waals surface area contributed by atoms with Crippen LogP contribution in [0.4, 0.5) is 5.69 Å². The topological polar surface area (TPSA) is 34.5 Å². The molecule has 0 aliphatic heterocycles. The largest absolute Gasteiger partial charge is 0.478 e. The van der Waals surface area contributed by atoms with Crippen LogP contribution in [0.15, 0.2) is 17.3 Å². The molecule has 1 aromatic rings. The Morgan fingerprint density at radius 2 is 2.46 bits per heavy atom. The third-order valence-corrected chi connectivity index (χ3v) is 1.61. The summed E-state index contributed by atoms with van der Waals surface area (Å²) in [4.78, 5) is 7.90. The average molecular weight is 194 g/mol. The highest BCUT2D eigenvalue weighted by Crippen LogP contribution is 2.20. The van der Waals surface area contributed by atoms with E-state index in [4.69, 9.17) is 4.74 Å². The van der Waals surface area contributed by atoms with Gasteiger partial charge in [-0.05, 0) is 31.6 Å². The van der Waals surface area contributed by atoms with Crippen molar-refractivity contribution in [3.8, 4) is 5.88 Å². The smallest absolute Gasteiger partial charge is 0.213 e. The predicted octanol–water partition coefficient (Wildman–Crippen LogP) is 2.52. The fourth-order valence-electron chi connectivity index (χ4n) is 0.916. The van der Waals surface area contributed by atoms with Gasteiger partial charge in [-0.25, -0.2) is 4.98 Å². The molecule has 0 amide bonds. The maximum Gasteiger partial charge on any atom is 0.213 e. The van der Waals surface area contributed by atoms with E-state index in [1.165, 1.54) is 0 Å². The SMILES string of the molecule is CCOc1cc(C)c(N=C=S)cn1. The summed E-state index contributed by atoms with van der Waals surface area (Å²) < 4.78 is 5.22. The van der Waals surface area contributed by atoms with Crippen molar-refractivity contribution in [2.75, 3.05) is 6.61 Å². The minimum absolute atomic E-state index is 0.613. The Morgan fingerprint density at radius 1 is 1.69 bits per heavy atom. The molecule has 1 rings (SSSR count). The first kappa shape index (κ1) is 9.84. The number of hydrogen-bond donors (Lipinski definition) is 0. The van der Waals surface area contributed by atoms with Crippen molar-refractivity contribution in [3.63, 3.8) is 0 Å². The summed E-state index contributed by atoms with van der Waals surface area (Å²) in [6.07, 6.45) is 1.62. The van der Waals surface area contributed by atoms with Crippen LogP contribution in [0.3, 0.4) is 0 Å². The van der Waals surface area contributed by atoms with Gasteiger partial charge in [0.05, 0.1) is 23.7 Å². The molecule has 1 aromatic heterocycles. The van der Waals surface area contributed by atoms with Crippen molar-refractivity contribution in [1.29, 1.82) is 0 Å². The number of hydrogen-bond acceptors (Lipinski definition) is 4. The molecule has 0 atom stereocenters. The molecular formula is C9H10N2OS. The summed E-state index contributed by atoms with van der Waals surface area (Å²) in [7, 11) is 0. The molecule has 3 nitrogen and oxygen atoms in total. The lowest BCUT2D eigenvalue weighted by Gasteiger charge is -2.03. The van der Waals surface area contributed by atoms with Crippen LogP contribution in [0.25, 0.3) is 0 Å². The van der Waals surface area contributed by atoms with Crippen molar-refractivity contribution in [2.24, 2.45) is 4.99 Å². The van der Waals surface area contributed by atoms with Crippen LogP contribution in [-0.4, -0.2) is 16.8 Å². The van der Waals surface area contributed by atoms with Gasteiger partial charge < -0.3 is 4.74 Å². The maximum atomic E-state index is 5.22. The molecule has 0 fully saturated rings. The summed E-state index contributed by atoms with van der Waals surface area (Å²) in [5.41, 5.74) is 1.72. The van der Waals surface area contributed by atoms with Crippen LogP contribution in [0.5, 0.6) is 5.88 Å². The first-order valence-electron chi connectivity index (χ1n) is 3.95. The fraction of sp³-hybridized carbons (Fsp3) is 0.333. The number of thiocarbonyl (C=S) groups is 1. The van der Waals surface area contributed by atoms with E-state index in [0.29, 0.717) is 12.5 Å². The molecule has 0 saturated carbocycles. The summed E-state index contributed by atoms with van der Waals surface area (Å²) in [6, 6.07) is 1.83. The monoisotopic (exact) mass is 194 g/mol. The Labute approximate surface area is 82.5 Å². The first-order valence-corrected chi connectivity index (χ1v) is 4.36. The molecule has 0 N–H and O–H groups in total. The first-order chi connectivity index (χ1) is 6.27. The maximum absolute atomic E-state index is 5.22. The van der Waals surface area contributed by atoms with E-state index in [0.717, 1.165) is 11.3 Å². The van der Waals surface area contributed by atoms with Gasteiger partial charge in [-0.1, -0.05) is 0 Å². The average Bonchev–Trinajstić information content (AvgIpc) is 2.10. The van der Waals surface area contributed by atoms with Crippen molar-refractivity contribution in [1.82, 2.24) is 4.98 Å². The number of pyridine rings is 1. The number of aliphatic imine (C=N–C) groups is 1. The number of aromatic nitrogens is 1. The molecule has 0 unspecified atom stereocenters. The van der Waals surface area contributed by atoms with Crippen LogP contribution in [0, 0.1) is 6.92 Å². The van der Waals surface area contributed by atoms with Crippen LogP contribution in [0.2, 0.25) is 0 Å². The highest BCUT2D eigenvalue weighted by atomic mass is 32.1. The Morgan fingerprint density at radius 3 is 3.00 bits per heavy atom. The Kier molecular flexibility index (Phi) is 3.55. The highest BCUT2D eigenvalue weighted by Gasteiger charge is 1.99. The molecule has 0 radical (unpaired) electrons. The quantitative estimate of drug-likeness (QED) is 0.547. The van der Waals surface area contributed by atoms with E-state index >= 15 is 0 Å². The van der Waals surface area contributed by atoms with Crippen molar-refractivity contribution in [2.45, 2.75) is 13.8 Å². The minimum Gasteiger partial charge on any atom is -0.478 e. The summed E-state index contributed by atoms with van der Waals surface area (Å²) >= 11 is 4.50. The zero-order chi connectivity index (χ0) is 9.68. The number of aryl methyl sites for hydroxylation is 1. The van der Waals surface area contributed by atoms with Gasteiger partial charge in [0.1, 0.15) is 0 Å². The van der Waals surface area contributed by atoms with Gasteiger partial charge in [0.25, 0.3) is 0 Å². The Hall–Kier alpha value is -1.25. The molecule has 13 heavy (non-hydrogen) atoms. The lowest BCUT2D eigenvalue weighted by atomic mass is 10.2. The molecule has 0 aromatic carbocycles. The van der Waals surface area contributed by atoms with Crippen molar-refractivity contribution >= 4 is 23.1 Å². The molecule has 0 aliphatic carbocycles. The molecule has 4 heteroatoms. The highest BCUT2D eigenvalue weighted by molar-refractivity contribution is 7.78. The summed E-state index contributed by atoms with van der Waals surface area (Å²) in [5, 5.41) is 2.30. The summed E-state index contributed by atoms with van der Waals surface area (Å²) in [6.45, 7) is 4.46. The lowest BCUT2D eigenvalue weighted by molar-refractivity contribution is 0.326. The van der Waals surface area contributed by atoms with E-state index in [1.807, 2.05) is 19.9 Å². The normalized spacial score (nSPS) is 9.08. The molecule has 0 aliphatic rings. The van der Waals surface area contributed by atoms with Gasteiger partial charge in [0, 0.05) is 6.07 Å². The number of nitrogens with zero attached hydrogens (tertiary/aromatic N) is 2. The van der Waals surface area contributed by atoms with Crippen molar-refractivity contribution in [3.05, 3.63) is 17.8 Å². The van der Waals surface area contributed by atoms with E-state index in [-0.39, 0.29) is 0 Å². The summed E-state index contributed by atoms with van der Waals surface area (Å²) in [5.74, 6) is 0.614. The lowest BCUT2D eigenvalue weighted by Crippen LogP contribution is -1.94. The van der Waals surface area contributed by atoms with Gasteiger partial charge in [0.15, 0.2) is 0 Å². The van der Waals surface area contributed by atoms with Crippen molar-refractivity contribution < 1.29 is 4.74 Å². The number of rotatable bonds is 3. The second kappa shape index (κ2) is 4.70. The number of isothiocyanates is 1. The second-order valence-corrected chi connectivity index (χ2v) is 2.63. The number of ether oxygens (including phenoxy) is 1. The van der Waals surface area contributed by atoms with Crippen LogP contribution in [0.1, 0.15) is 12.5 Å². The van der Waals surface area contributed by atoms with Gasteiger partial charge in [-0.3, -0.25) is 0 Å².